The van der Waals surface area contributed by atoms with Crippen LogP contribution in [0.5, 0.6) is 0 Å². The molecule has 1 saturated heterocycles. The van der Waals surface area contributed by atoms with Gasteiger partial charge in [-0.3, -0.25) is 0 Å². The maximum Gasteiger partial charge on any atom is 0.101 e. The van der Waals surface area contributed by atoms with Crippen LogP contribution in [0.25, 0.3) is 0 Å². The van der Waals surface area contributed by atoms with Gasteiger partial charge >= 0.3 is 0 Å². The van der Waals surface area contributed by atoms with Crippen LogP contribution in [-0.2, 0) is 0 Å². The average Bonchev–Trinajstić information content (AvgIpc) is 2.31. The fraction of sp³-hybridized carbons (Fsp3) is 0.364. The van der Waals surface area contributed by atoms with E-state index in [1.807, 2.05) is 12.1 Å². The quantitative estimate of drug-likeness (QED) is 0.653. The number of benzene rings is 1. The third-order valence-electron chi connectivity index (χ3n) is 2.64. The van der Waals surface area contributed by atoms with E-state index in [-0.39, 0.29) is 0 Å². The van der Waals surface area contributed by atoms with E-state index in [4.69, 9.17) is 11.0 Å². The Labute approximate surface area is 89.3 Å². The van der Waals surface area contributed by atoms with Crippen LogP contribution in [0.15, 0.2) is 18.2 Å². The number of piperazine rings is 1. The molecule has 0 radical (unpaired) electrons. The summed E-state index contributed by atoms with van der Waals surface area (Å²) in [6, 6.07) is 7.74. The Kier molecular flexibility index (Phi) is 2.75. The lowest BCUT2D eigenvalue weighted by Crippen LogP contribution is -2.43. The molecule has 0 atom stereocenters. The zero-order chi connectivity index (χ0) is 10.7. The fourth-order valence-electron chi connectivity index (χ4n) is 1.76. The fourth-order valence-corrected chi connectivity index (χ4v) is 1.76. The smallest absolute Gasteiger partial charge is 0.101 e. The lowest BCUT2D eigenvalue weighted by atomic mass is 10.1. The summed E-state index contributed by atoms with van der Waals surface area (Å²) in [5.74, 6) is 0. The molecule has 0 unspecified atom stereocenters. The van der Waals surface area contributed by atoms with Crippen LogP contribution in [0.4, 0.5) is 11.4 Å². The Morgan fingerprint density at radius 2 is 2.07 bits per heavy atom. The van der Waals surface area contributed by atoms with E-state index in [0.29, 0.717) is 11.3 Å². The Balaban J connectivity index is 2.25. The van der Waals surface area contributed by atoms with Crippen molar-refractivity contribution in [2.75, 3.05) is 36.8 Å². The average molecular weight is 202 g/mol. The summed E-state index contributed by atoms with van der Waals surface area (Å²) in [7, 11) is 0. The SMILES string of the molecule is N#Cc1cc(N2CCNCC2)ccc1N. The Bertz CT molecular complexity index is 388. The molecular formula is C11H14N4. The van der Waals surface area contributed by atoms with Gasteiger partial charge in [-0.25, -0.2) is 0 Å². The van der Waals surface area contributed by atoms with Gasteiger partial charge in [0.05, 0.1) is 5.56 Å². The summed E-state index contributed by atoms with van der Waals surface area (Å²) in [5.41, 5.74) is 7.87. The molecule has 3 N–H and O–H groups in total. The number of nitrogen functional groups attached to an aromatic ring is 1. The highest BCUT2D eigenvalue weighted by Crippen LogP contribution is 2.20. The Morgan fingerprint density at radius 1 is 1.33 bits per heavy atom. The molecule has 1 heterocycles. The second-order valence-corrected chi connectivity index (χ2v) is 3.62. The van der Waals surface area contributed by atoms with Gasteiger partial charge in [-0.1, -0.05) is 0 Å². The largest absolute Gasteiger partial charge is 0.398 e. The number of nitrogens with zero attached hydrogens (tertiary/aromatic N) is 2. The molecule has 78 valence electrons. The standard InChI is InChI=1S/C11H14N4/c12-8-9-7-10(1-2-11(9)13)15-5-3-14-4-6-15/h1-2,7,14H,3-6,13H2. The van der Waals surface area contributed by atoms with E-state index >= 15 is 0 Å². The topological polar surface area (TPSA) is 65.1 Å². The van der Waals surface area contributed by atoms with Gasteiger partial charge in [0, 0.05) is 37.6 Å². The van der Waals surface area contributed by atoms with Crippen molar-refractivity contribution in [3.8, 4) is 6.07 Å². The van der Waals surface area contributed by atoms with Crippen molar-refractivity contribution in [3.63, 3.8) is 0 Å². The van der Waals surface area contributed by atoms with Crippen LogP contribution in [0.1, 0.15) is 5.56 Å². The van der Waals surface area contributed by atoms with Gasteiger partial charge in [-0.2, -0.15) is 5.26 Å². The number of hydrogen-bond acceptors (Lipinski definition) is 4. The van der Waals surface area contributed by atoms with Gasteiger partial charge in [0.2, 0.25) is 0 Å². The first-order chi connectivity index (χ1) is 7.31. The minimum absolute atomic E-state index is 0.552. The molecule has 0 aromatic heterocycles. The molecule has 0 amide bonds. The minimum atomic E-state index is 0.552. The molecule has 0 spiro atoms. The summed E-state index contributed by atoms with van der Waals surface area (Å²) in [4.78, 5) is 2.26. The van der Waals surface area contributed by atoms with Crippen LogP contribution in [-0.4, -0.2) is 26.2 Å². The normalized spacial score (nSPS) is 16.1. The van der Waals surface area contributed by atoms with Crippen molar-refractivity contribution >= 4 is 11.4 Å². The van der Waals surface area contributed by atoms with Crippen LogP contribution < -0.4 is 16.0 Å². The number of nitrogens with two attached hydrogens (primary N) is 1. The molecular weight excluding hydrogens is 188 g/mol. The van der Waals surface area contributed by atoms with E-state index in [1.54, 1.807) is 6.07 Å². The molecule has 4 heteroatoms. The van der Waals surface area contributed by atoms with Gasteiger partial charge in [0.25, 0.3) is 0 Å². The van der Waals surface area contributed by atoms with Crippen LogP contribution in [0.3, 0.4) is 0 Å². The van der Waals surface area contributed by atoms with E-state index in [9.17, 15) is 0 Å². The molecule has 15 heavy (non-hydrogen) atoms. The maximum atomic E-state index is 8.88. The number of nitrogens with one attached hydrogen (secondary N) is 1. The Hall–Kier alpha value is -1.73. The van der Waals surface area contributed by atoms with Crippen molar-refractivity contribution in [1.82, 2.24) is 5.32 Å². The van der Waals surface area contributed by atoms with Gasteiger partial charge < -0.3 is 16.0 Å². The minimum Gasteiger partial charge on any atom is -0.398 e. The van der Waals surface area contributed by atoms with Crippen LogP contribution >= 0.6 is 0 Å². The van der Waals surface area contributed by atoms with Crippen molar-refractivity contribution in [2.45, 2.75) is 0 Å². The number of rotatable bonds is 1. The van der Waals surface area contributed by atoms with Crippen LogP contribution in [0.2, 0.25) is 0 Å². The first-order valence-electron chi connectivity index (χ1n) is 5.06. The molecule has 1 aromatic rings. The molecule has 1 aliphatic rings. The predicted octanol–water partition coefficient (Wildman–Crippen LogP) is 0.550. The molecule has 1 aliphatic heterocycles. The van der Waals surface area contributed by atoms with Crippen LogP contribution in [0, 0.1) is 11.3 Å². The van der Waals surface area contributed by atoms with Gasteiger partial charge in [-0.05, 0) is 18.2 Å². The molecule has 0 saturated carbocycles. The molecule has 4 nitrogen and oxygen atoms in total. The molecule has 0 aliphatic carbocycles. The van der Waals surface area contributed by atoms with Crippen molar-refractivity contribution in [2.24, 2.45) is 0 Å². The zero-order valence-electron chi connectivity index (χ0n) is 8.53. The van der Waals surface area contributed by atoms with E-state index in [2.05, 4.69) is 16.3 Å². The van der Waals surface area contributed by atoms with Crippen molar-refractivity contribution in [3.05, 3.63) is 23.8 Å². The van der Waals surface area contributed by atoms with E-state index in [0.717, 1.165) is 31.9 Å². The number of hydrogen-bond donors (Lipinski definition) is 2. The van der Waals surface area contributed by atoms with Gasteiger partial charge in [-0.15, -0.1) is 0 Å². The number of nitriles is 1. The highest BCUT2D eigenvalue weighted by atomic mass is 15.2. The van der Waals surface area contributed by atoms with Crippen molar-refractivity contribution in [1.29, 1.82) is 5.26 Å². The Morgan fingerprint density at radius 3 is 2.73 bits per heavy atom. The highest BCUT2D eigenvalue weighted by Gasteiger charge is 2.11. The predicted molar refractivity (Wildman–Crippen MR) is 60.7 cm³/mol. The molecule has 1 fully saturated rings. The monoisotopic (exact) mass is 202 g/mol. The number of anilines is 2. The first-order valence-corrected chi connectivity index (χ1v) is 5.06. The molecule has 0 bridgehead atoms. The second kappa shape index (κ2) is 4.20. The van der Waals surface area contributed by atoms with E-state index < -0.39 is 0 Å². The molecule has 1 aromatic carbocycles. The summed E-state index contributed by atoms with van der Waals surface area (Å²) in [6.45, 7) is 3.95. The summed E-state index contributed by atoms with van der Waals surface area (Å²) < 4.78 is 0. The lowest BCUT2D eigenvalue weighted by molar-refractivity contribution is 0.589. The van der Waals surface area contributed by atoms with Gasteiger partial charge in [0.15, 0.2) is 0 Å². The summed E-state index contributed by atoms with van der Waals surface area (Å²) >= 11 is 0. The summed E-state index contributed by atoms with van der Waals surface area (Å²) in [5, 5.41) is 12.2. The molecule has 2 rings (SSSR count). The van der Waals surface area contributed by atoms with Crippen molar-refractivity contribution < 1.29 is 0 Å². The third-order valence-corrected chi connectivity index (χ3v) is 2.64. The highest BCUT2D eigenvalue weighted by molar-refractivity contribution is 5.62. The first kappa shape index (κ1) is 9.81. The maximum absolute atomic E-state index is 8.88. The lowest BCUT2D eigenvalue weighted by Gasteiger charge is -2.29. The zero-order valence-corrected chi connectivity index (χ0v) is 8.53. The van der Waals surface area contributed by atoms with Gasteiger partial charge in [0.1, 0.15) is 6.07 Å². The summed E-state index contributed by atoms with van der Waals surface area (Å²) in [6.07, 6.45) is 0. The third kappa shape index (κ3) is 2.03. The second-order valence-electron chi connectivity index (χ2n) is 3.62. The van der Waals surface area contributed by atoms with E-state index in [1.165, 1.54) is 0 Å².